The lowest BCUT2D eigenvalue weighted by molar-refractivity contribution is -0.139. The molecule has 1 atom stereocenters. The van der Waals surface area contributed by atoms with Crippen molar-refractivity contribution in [2.24, 2.45) is 0 Å². The van der Waals surface area contributed by atoms with Crippen molar-refractivity contribution in [1.82, 2.24) is 19.9 Å². The first-order chi connectivity index (χ1) is 16.9. The highest BCUT2D eigenvalue weighted by molar-refractivity contribution is 5.94. The van der Waals surface area contributed by atoms with Crippen molar-refractivity contribution in [2.45, 2.75) is 39.7 Å². The standard InChI is InChI=1S/C27H32N4O4/c1-19-9-11-22(12-10-19)26-28-25(35-29-26)8-5-13-30-14-16-31(17-15-30)27(33)21(3)34-24-7-4-6-23(18-24)20(2)32/h4,6-7,9-12,18,21H,5,8,13-17H2,1-3H3. The second-order valence-electron chi connectivity index (χ2n) is 8.99. The van der Waals surface area contributed by atoms with Crippen molar-refractivity contribution in [2.75, 3.05) is 32.7 Å². The van der Waals surface area contributed by atoms with Crippen molar-refractivity contribution in [3.8, 4) is 17.1 Å². The Hall–Kier alpha value is -3.52. The van der Waals surface area contributed by atoms with E-state index in [0.717, 1.165) is 38.0 Å². The molecule has 1 aromatic heterocycles. The first-order valence-electron chi connectivity index (χ1n) is 12.1. The topological polar surface area (TPSA) is 88.8 Å². The van der Waals surface area contributed by atoms with E-state index in [9.17, 15) is 9.59 Å². The van der Waals surface area contributed by atoms with Gasteiger partial charge in [-0.3, -0.25) is 14.5 Å². The van der Waals surface area contributed by atoms with Crippen molar-refractivity contribution < 1.29 is 18.8 Å². The number of ether oxygens (including phenoxy) is 1. The van der Waals surface area contributed by atoms with E-state index in [4.69, 9.17) is 9.26 Å². The van der Waals surface area contributed by atoms with E-state index in [1.807, 2.05) is 36.1 Å². The fraction of sp³-hybridized carbons (Fsp3) is 0.407. The molecule has 2 aromatic carbocycles. The molecule has 8 heteroatoms. The third-order valence-electron chi connectivity index (χ3n) is 6.23. The molecule has 1 amide bonds. The van der Waals surface area contributed by atoms with Crippen LogP contribution in [0.1, 0.15) is 42.1 Å². The van der Waals surface area contributed by atoms with Gasteiger partial charge in [0.15, 0.2) is 11.9 Å². The van der Waals surface area contributed by atoms with Gasteiger partial charge in [0.25, 0.3) is 5.91 Å². The fourth-order valence-electron chi connectivity index (χ4n) is 4.12. The summed E-state index contributed by atoms with van der Waals surface area (Å²) in [6.07, 6.45) is 1.03. The molecule has 0 spiro atoms. The van der Waals surface area contributed by atoms with E-state index in [1.165, 1.54) is 12.5 Å². The molecule has 2 heterocycles. The first kappa shape index (κ1) is 24.6. The van der Waals surface area contributed by atoms with Crippen LogP contribution in [0.25, 0.3) is 11.4 Å². The maximum Gasteiger partial charge on any atom is 0.263 e. The van der Waals surface area contributed by atoms with Gasteiger partial charge in [-0.25, -0.2) is 0 Å². The van der Waals surface area contributed by atoms with Gasteiger partial charge >= 0.3 is 0 Å². The monoisotopic (exact) mass is 476 g/mol. The van der Waals surface area contributed by atoms with Crippen molar-refractivity contribution in [1.29, 1.82) is 0 Å². The van der Waals surface area contributed by atoms with Crippen LogP contribution in [0.15, 0.2) is 53.1 Å². The summed E-state index contributed by atoms with van der Waals surface area (Å²) in [5, 5.41) is 4.10. The van der Waals surface area contributed by atoms with E-state index >= 15 is 0 Å². The van der Waals surface area contributed by atoms with E-state index in [0.29, 0.717) is 36.1 Å². The Kier molecular flexibility index (Phi) is 7.92. The normalized spacial score (nSPS) is 15.1. The third kappa shape index (κ3) is 6.54. The highest BCUT2D eigenvalue weighted by Gasteiger charge is 2.26. The van der Waals surface area contributed by atoms with Crippen LogP contribution in [0.2, 0.25) is 0 Å². The van der Waals surface area contributed by atoms with Crippen LogP contribution in [0.5, 0.6) is 5.75 Å². The van der Waals surface area contributed by atoms with Gasteiger partial charge in [-0.05, 0) is 45.9 Å². The van der Waals surface area contributed by atoms with Gasteiger partial charge in [-0.1, -0.05) is 47.1 Å². The molecule has 1 fully saturated rings. The van der Waals surface area contributed by atoms with Crippen LogP contribution in [0.3, 0.4) is 0 Å². The van der Waals surface area contributed by atoms with E-state index in [1.54, 1.807) is 31.2 Å². The predicted octanol–water partition coefficient (Wildman–Crippen LogP) is 3.79. The number of rotatable bonds is 9. The minimum atomic E-state index is -0.607. The summed E-state index contributed by atoms with van der Waals surface area (Å²) in [6, 6.07) is 15.0. The van der Waals surface area contributed by atoms with Gasteiger partial charge in [0.05, 0.1) is 0 Å². The molecule has 0 bridgehead atoms. The lowest BCUT2D eigenvalue weighted by Crippen LogP contribution is -2.52. The molecule has 1 aliphatic rings. The third-order valence-corrected chi connectivity index (χ3v) is 6.23. The lowest BCUT2D eigenvalue weighted by atomic mass is 10.1. The van der Waals surface area contributed by atoms with Crippen molar-refractivity contribution in [3.05, 3.63) is 65.5 Å². The summed E-state index contributed by atoms with van der Waals surface area (Å²) in [4.78, 5) is 33.1. The lowest BCUT2D eigenvalue weighted by Gasteiger charge is -2.35. The van der Waals surface area contributed by atoms with Gasteiger partial charge in [0, 0.05) is 43.7 Å². The molecule has 0 radical (unpaired) electrons. The molecule has 1 saturated heterocycles. The zero-order valence-corrected chi connectivity index (χ0v) is 20.6. The minimum absolute atomic E-state index is 0.0312. The number of benzene rings is 2. The van der Waals surface area contributed by atoms with Crippen molar-refractivity contribution >= 4 is 11.7 Å². The van der Waals surface area contributed by atoms with Gasteiger partial charge in [0.2, 0.25) is 11.7 Å². The summed E-state index contributed by atoms with van der Waals surface area (Å²) < 4.78 is 11.2. The second kappa shape index (κ2) is 11.3. The summed E-state index contributed by atoms with van der Waals surface area (Å²) in [5.41, 5.74) is 2.72. The van der Waals surface area contributed by atoms with E-state index < -0.39 is 6.10 Å². The Morgan fingerprint density at radius 3 is 2.54 bits per heavy atom. The number of carbonyl (C=O) groups is 2. The molecule has 35 heavy (non-hydrogen) atoms. The van der Waals surface area contributed by atoms with Gasteiger partial charge in [0.1, 0.15) is 5.75 Å². The number of carbonyl (C=O) groups excluding carboxylic acids is 2. The maximum atomic E-state index is 12.9. The summed E-state index contributed by atoms with van der Waals surface area (Å²) in [6.45, 7) is 9.19. The zero-order valence-electron chi connectivity index (χ0n) is 20.6. The van der Waals surface area contributed by atoms with Gasteiger partial charge in [-0.2, -0.15) is 4.98 Å². The number of ketones is 1. The number of Topliss-reactive ketones (excluding diaryl/α,β-unsaturated/α-hetero) is 1. The number of hydrogen-bond donors (Lipinski definition) is 0. The molecule has 3 aromatic rings. The average molecular weight is 477 g/mol. The Labute approximate surface area is 205 Å². The largest absolute Gasteiger partial charge is 0.481 e. The number of amides is 1. The SMILES string of the molecule is CC(=O)c1cccc(OC(C)C(=O)N2CCN(CCCc3nc(-c4ccc(C)cc4)no3)CC2)c1. The number of aromatic nitrogens is 2. The smallest absolute Gasteiger partial charge is 0.263 e. The first-order valence-corrected chi connectivity index (χ1v) is 12.1. The zero-order chi connectivity index (χ0) is 24.8. The highest BCUT2D eigenvalue weighted by atomic mass is 16.5. The molecule has 8 nitrogen and oxygen atoms in total. The van der Waals surface area contributed by atoms with Gasteiger partial charge in [-0.15, -0.1) is 0 Å². The van der Waals surface area contributed by atoms with Crippen LogP contribution in [-0.2, 0) is 11.2 Å². The Morgan fingerprint density at radius 2 is 1.83 bits per heavy atom. The fourth-order valence-corrected chi connectivity index (χ4v) is 4.12. The van der Waals surface area contributed by atoms with Crippen LogP contribution in [0.4, 0.5) is 0 Å². The van der Waals surface area contributed by atoms with Crippen LogP contribution in [-0.4, -0.2) is 70.5 Å². The number of hydrogen-bond acceptors (Lipinski definition) is 7. The maximum absolute atomic E-state index is 12.9. The van der Waals surface area contributed by atoms with E-state index in [2.05, 4.69) is 15.0 Å². The number of nitrogens with zero attached hydrogens (tertiary/aromatic N) is 4. The molecule has 0 aliphatic carbocycles. The summed E-state index contributed by atoms with van der Waals surface area (Å²) in [5.74, 6) is 1.73. The average Bonchev–Trinajstić information content (AvgIpc) is 3.33. The quantitative estimate of drug-likeness (QED) is 0.434. The summed E-state index contributed by atoms with van der Waals surface area (Å²) in [7, 11) is 0. The predicted molar refractivity (Wildman–Crippen MR) is 132 cm³/mol. The molecular weight excluding hydrogens is 444 g/mol. The van der Waals surface area contributed by atoms with Crippen molar-refractivity contribution in [3.63, 3.8) is 0 Å². The van der Waals surface area contributed by atoms with Gasteiger partial charge < -0.3 is 14.2 Å². The number of piperazine rings is 1. The van der Waals surface area contributed by atoms with Crippen LogP contribution in [0, 0.1) is 6.92 Å². The molecule has 184 valence electrons. The Bertz CT molecular complexity index is 1150. The molecule has 0 saturated carbocycles. The molecule has 0 N–H and O–H groups in total. The highest BCUT2D eigenvalue weighted by Crippen LogP contribution is 2.18. The molecule has 1 aliphatic heterocycles. The number of aryl methyl sites for hydroxylation is 2. The molecule has 1 unspecified atom stereocenters. The molecular formula is C27H32N4O4. The second-order valence-corrected chi connectivity index (χ2v) is 8.99. The van der Waals surface area contributed by atoms with Crippen LogP contribution < -0.4 is 4.74 Å². The Morgan fingerprint density at radius 1 is 1.09 bits per heavy atom. The Balaban J connectivity index is 1.19. The summed E-state index contributed by atoms with van der Waals surface area (Å²) >= 11 is 0. The van der Waals surface area contributed by atoms with Crippen LogP contribution >= 0.6 is 0 Å². The van der Waals surface area contributed by atoms with E-state index in [-0.39, 0.29) is 11.7 Å². The minimum Gasteiger partial charge on any atom is -0.481 e. The molecule has 4 rings (SSSR count).